The van der Waals surface area contributed by atoms with Gasteiger partial charge in [0.1, 0.15) is 6.33 Å². The topological polar surface area (TPSA) is 85.2 Å². The molecule has 0 aromatic carbocycles. The molecule has 0 radical (unpaired) electrons. The smallest absolute Gasteiger partial charge is 0.319 e. The van der Waals surface area contributed by atoms with Crippen molar-refractivity contribution in [3.05, 3.63) is 19.0 Å². The van der Waals surface area contributed by atoms with Crippen LogP contribution in [0.15, 0.2) is 24.1 Å². The molecule has 1 aromatic rings. The van der Waals surface area contributed by atoms with Gasteiger partial charge in [0.25, 0.3) is 5.16 Å². The number of hydrogen-bond acceptors (Lipinski definition) is 5. The Morgan fingerprint density at radius 2 is 2.21 bits per heavy atom. The first-order valence-electron chi connectivity index (χ1n) is 6.00. The van der Waals surface area contributed by atoms with Crippen LogP contribution in [0, 0.1) is 0 Å². The molecule has 7 nitrogen and oxygen atoms in total. The molecule has 0 spiro atoms. The molecule has 0 fully saturated rings. The summed E-state index contributed by atoms with van der Waals surface area (Å²) < 4.78 is 24.4. The summed E-state index contributed by atoms with van der Waals surface area (Å²) in [6, 6.07) is -0.423. The second-order valence-corrected chi connectivity index (χ2v) is 5.90. The molecule has 0 aliphatic heterocycles. The fourth-order valence-electron chi connectivity index (χ4n) is 1.49. The normalized spacial score (nSPS) is 11.3. The van der Waals surface area contributed by atoms with Gasteiger partial charge in [0.2, 0.25) is 9.84 Å². The van der Waals surface area contributed by atoms with Crippen LogP contribution >= 0.6 is 0 Å². The van der Waals surface area contributed by atoms with Crippen LogP contribution in [0.2, 0.25) is 0 Å². The Morgan fingerprint density at radius 1 is 1.53 bits per heavy atom. The molecule has 0 bridgehead atoms. The van der Waals surface area contributed by atoms with Crippen LogP contribution in [0.1, 0.15) is 20.3 Å². The van der Waals surface area contributed by atoms with Gasteiger partial charge in [0, 0.05) is 13.1 Å². The van der Waals surface area contributed by atoms with E-state index in [1.54, 1.807) is 13.0 Å². The van der Waals surface area contributed by atoms with Crippen LogP contribution in [0.4, 0.5) is 4.79 Å². The van der Waals surface area contributed by atoms with Gasteiger partial charge in [0.05, 0.1) is 5.75 Å². The number of nitrogens with zero attached hydrogens (tertiary/aromatic N) is 4. The largest absolute Gasteiger partial charge is 0.346 e. The third-order valence-corrected chi connectivity index (χ3v) is 4.11. The Kier molecular flexibility index (Phi) is 5.22. The standard InChI is InChI=1S/C11H18N4O3S/c1-4-7-14(6-3)11(16)15-9-12-10(13-15)19(17,18)8-5-2/h4,9H,1,5-8H2,2-3H3. The number of amides is 1. The fourth-order valence-corrected chi connectivity index (χ4v) is 2.63. The van der Waals surface area contributed by atoms with Crippen molar-refractivity contribution < 1.29 is 13.2 Å². The summed E-state index contributed by atoms with van der Waals surface area (Å²) in [6.45, 7) is 7.96. The molecule has 1 amide bonds. The molecular formula is C11H18N4O3S. The maximum Gasteiger partial charge on any atom is 0.346 e. The Labute approximate surface area is 112 Å². The molecule has 8 heteroatoms. The molecule has 0 saturated carbocycles. The lowest BCUT2D eigenvalue weighted by Gasteiger charge is -2.17. The van der Waals surface area contributed by atoms with Crippen molar-refractivity contribution >= 4 is 15.9 Å². The minimum Gasteiger partial charge on any atom is -0.319 e. The predicted molar refractivity (Wildman–Crippen MR) is 70.6 cm³/mol. The van der Waals surface area contributed by atoms with Gasteiger partial charge < -0.3 is 4.90 Å². The van der Waals surface area contributed by atoms with E-state index in [1.165, 1.54) is 4.90 Å². The second-order valence-electron chi connectivity index (χ2n) is 3.90. The van der Waals surface area contributed by atoms with E-state index >= 15 is 0 Å². The molecule has 0 aliphatic rings. The van der Waals surface area contributed by atoms with E-state index in [-0.39, 0.29) is 10.9 Å². The third kappa shape index (κ3) is 3.63. The monoisotopic (exact) mass is 286 g/mol. The van der Waals surface area contributed by atoms with Crippen molar-refractivity contribution in [2.45, 2.75) is 25.4 Å². The van der Waals surface area contributed by atoms with Gasteiger partial charge in [-0.15, -0.1) is 11.7 Å². The van der Waals surface area contributed by atoms with Gasteiger partial charge in [0.15, 0.2) is 0 Å². The Morgan fingerprint density at radius 3 is 2.74 bits per heavy atom. The maximum atomic E-state index is 12.0. The molecular weight excluding hydrogens is 268 g/mol. The first kappa shape index (κ1) is 15.4. The van der Waals surface area contributed by atoms with Gasteiger partial charge >= 0.3 is 6.03 Å². The van der Waals surface area contributed by atoms with Gasteiger partial charge in [-0.1, -0.05) is 13.0 Å². The SMILES string of the molecule is C=CCN(CC)C(=O)n1cnc(S(=O)(=O)CCC)n1. The lowest BCUT2D eigenvalue weighted by molar-refractivity contribution is 0.204. The van der Waals surface area contributed by atoms with E-state index in [9.17, 15) is 13.2 Å². The quantitative estimate of drug-likeness (QED) is 0.726. The Balaban J connectivity index is 2.96. The molecule has 19 heavy (non-hydrogen) atoms. The predicted octanol–water partition coefficient (Wildman–Crippen LogP) is 0.938. The van der Waals surface area contributed by atoms with Crippen LogP contribution in [-0.2, 0) is 9.84 Å². The summed E-state index contributed by atoms with van der Waals surface area (Å²) in [4.78, 5) is 17.2. The van der Waals surface area contributed by atoms with Crippen LogP contribution in [0.3, 0.4) is 0 Å². The minimum absolute atomic E-state index is 0.0324. The first-order chi connectivity index (χ1) is 8.96. The lowest BCUT2D eigenvalue weighted by Crippen LogP contribution is -2.35. The number of carbonyl (C=O) groups excluding carboxylic acids is 1. The zero-order valence-electron chi connectivity index (χ0n) is 11.1. The zero-order chi connectivity index (χ0) is 14.5. The summed E-state index contributed by atoms with van der Waals surface area (Å²) in [6.07, 6.45) is 3.19. The molecule has 1 aromatic heterocycles. The molecule has 0 N–H and O–H groups in total. The van der Waals surface area contributed by atoms with E-state index in [1.807, 2.05) is 6.92 Å². The number of carbonyl (C=O) groups is 1. The van der Waals surface area contributed by atoms with E-state index in [0.717, 1.165) is 11.0 Å². The van der Waals surface area contributed by atoms with Crippen molar-refractivity contribution in [1.82, 2.24) is 19.7 Å². The molecule has 1 heterocycles. The van der Waals surface area contributed by atoms with Crippen molar-refractivity contribution in [2.75, 3.05) is 18.8 Å². The summed E-state index contributed by atoms with van der Waals surface area (Å²) >= 11 is 0. The average Bonchev–Trinajstić information content (AvgIpc) is 2.85. The molecule has 0 aliphatic carbocycles. The average molecular weight is 286 g/mol. The Bertz CT molecular complexity index is 550. The molecule has 1 rings (SSSR count). The second kappa shape index (κ2) is 6.46. The van der Waals surface area contributed by atoms with Gasteiger partial charge in [-0.2, -0.15) is 4.68 Å². The van der Waals surface area contributed by atoms with Gasteiger partial charge in [-0.25, -0.2) is 18.2 Å². The van der Waals surface area contributed by atoms with Crippen LogP contribution in [0.5, 0.6) is 0 Å². The van der Waals surface area contributed by atoms with E-state index < -0.39 is 15.9 Å². The highest BCUT2D eigenvalue weighted by molar-refractivity contribution is 7.91. The summed E-state index contributed by atoms with van der Waals surface area (Å²) in [7, 11) is -3.50. The first-order valence-corrected chi connectivity index (χ1v) is 7.66. The molecule has 0 saturated heterocycles. The van der Waals surface area contributed by atoms with E-state index in [0.29, 0.717) is 19.5 Å². The number of aromatic nitrogens is 3. The van der Waals surface area contributed by atoms with Crippen molar-refractivity contribution in [3.8, 4) is 0 Å². The third-order valence-electron chi connectivity index (χ3n) is 2.42. The van der Waals surface area contributed by atoms with E-state index in [4.69, 9.17) is 0 Å². The van der Waals surface area contributed by atoms with Crippen molar-refractivity contribution in [3.63, 3.8) is 0 Å². The molecule has 0 atom stereocenters. The summed E-state index contributed by atoms with van der Waals surface area (Å²) in [5, 5.41) is 3.44. The van der Waals surface area contributed by atoms with Crippen molar-refractivity contribution in [2.24, 2.45) is 0 Å². The Hall–Kier alpha value is -1.70. The number of sulfone groups is 1. The van der Waals surface area contributed by atoms with Crippen LogP contribution in [-0.4, -0.2) is 53.0 Å². The van der Waals surface area contributed by atoms with Crippen LogP contribution < -0.4 is 0 Å². The highest BCUT2D eigenvalue weighted by Crippen LogP contribution is 2.06. The molecule has 0 unspecified atom stereocenters. The highest BCUT2D eigenvalue weighted by Gasteiger charge is 2.21. The summed E-state index contributed by atoms with van der Waals surface area (Å²) in [5.41, 5.74) is 0. The number of hydrogen-bond donors (Lipinski definition) is 0. The zero-order valence-corrected chi connectivity index (χ0v) is 11.9. The van der Waals surface area contributed by atoms with Crippen molar-refractivity contribution in [1.29, 1.82) is 0 Å². The maximum absolute atomic E-state index is 12.0. The van der Waals surface area contributed by atoms with Crippen LogP contribution in [0.25, 0.3) is 0 Å². The summed E-state index contributed by atoms with van der Waals surface area (Å²) in [5.74, 6) is -0.0324. The van der Waals surface area contributed by atoms with Gasteiger partial charge in [-0.05, 0) is 13.3 Å². The molecule has 106 valence electrons. The number of likely N-dealkylation sites (N-methyl/N-ethyl adjacent to an activating group) is 1. The fraction of sp³-hybridized carbons (Fsp3) is 0.545. The van der Waals surface area contributed by atoms with Gasteiger partial charge in [-0.3, -0.25) is 0 Å². The lowest BCUT2D eigenvalue weighted by atomic mass is 10.5. The highest BCUT2D eigenvalue weighted by atomic mass is 32.2. The van der Waals surface area contributed by atoms with E-state index in [2.05, 4.69) is 16.7 Å². The number of rotatable bonds is 6. The minimum atomic E-state index is -3.50.